The number of amides is 3. The molecule has 3 rings (SSSR count). The topological polar surface area (TPSA) is 114 Å². The number of urea groups is 1. The first-order valence-corrected chi connectivity index (χ1v) is 12.3. The van der Waals surface area contributed by atoms with Crippen LogP contribution in [0.25, 0.3) is 0 Å². The number of carbonyl (C=O) groups is 2. The quantitative estimate of drug-likeness (QED) is 0.255. The van der Waals surface area contributed by atoms with Crippen molar-refractivity contribution in [3.63, 3.8) is 0 Å². The van der Waals surface area contributed by atoms with Gasteiger partial charge in [0, 0.05) is 24.3 Å². The molecule has 0 saturated carbocycles. The van der Waals surface area contributed by atoms with Gasteiger partial charge in [0.2, 0.25) is 0 Å². The lowest BCUT2D eigenvalue weighted by molar-refractivity contribution is 0.102. The van der Waals surface area contributed by atoms with Crippen molar-refractivity contribution in [3.05, 3.63) is 89.5 Å². The van der Waals surface area contributed by atoms with Crippen molar-refractivity contribution in [2.75, 3.05) is 43.6 Å². The number of carbonyl (C=O) groups excluding carboxylic acids is 2. The first-order valence-electron chi connectivity index (χ1n) is 12.3. The molecule has 8 heteroatoms. The third kappa shape index (κ3) is 8.67. The van der Waals surface area contributed by atoms with Crippen LogP contribution in [-0.4, -0.2) is 48.9 Å². The van der Waals surface area contributed by atoms with E-state index in [9.17, 15) is 9.59 Å². The van der Waals surface area contributed by atoms with E-state index in [1.54, 1.807) is 29.2 Å². The average Bonchev–Trinajstić information content (AvgIpc) is 2.88. The van der Waals surface area contributed by atoms with Crippen LogP contribution in [0.15, 0.2) is 72.8 Å². The molecule has 37 heavy (non-hydrogen) atoms. The third-order valence-corrected chi connectivity index (χ3v) is 5.86. The Morgan fingerprint density at radius 1 is 0.865 bits per heavy atom. The molecule has 8 nitrogen and oxygen atoms in total. The molecule has 0 radical (unpaired) electrons. The van der Waals surface area contributed by atoms with Crippen LogP contribution in [-0.2, 0) is 13.0 Å². The number of para-hydroxylation sites is 2. The molecule has 0 aliphatic rings. The van der Waals surface area contributed by atoms with Gasteiger partial charge >= 0.3 is 6.03 Å². The average molecular weight is 499 g/mol. The van der Waals surface area contributed by atoms with Gasteiger partial charge in [-0.05, 0) is 81.0 Å². The minimum absolute atomic E-state index is 0.195. The summed E-state index contributed by atoms with van der Waals surface area (Å²) in [5, 5.41) is 14.6. The van der Waals surface area contributed by atoms with E-state index in [-0.39, 0.29) is 11.9 Å². The van der Waals surface area contributed by atoms with Crippen molar-refractivity contribution < 1.29 is 9.59 Å². The molecule has 0 fully saturated rings. The van der Waals surface area contributed by atoms with Crippen LogP contribution in [0.4, 0.5) is 21.9 Å². The summed E-state index contributed by atoms with van der Waals surface area (Å²) < 4.78 is 0. The molecule has 0 bridgehead atoms. The molecule has 0 aromatic heterocycles. The number of nitrogen functional groups attached to an aromatic ring is 1. The molecule has 0 heterocycles. The van der Waals surface area contributed by atoms with Gasteiger partial charge < -0.3 is 26.2 Å². The zero-order valence-corrected chi connectivity index (χ0v) is 21.4. The van der Waals surface area contributed by atoms with Gasteiger partial charge in [0.25, 0.3) is 5.91 Å². The van der Waals surface area contributed by atoms with Crippen LogP contribution >= 0.6 is 0 Å². The summed E-state index contributed by atoms with van der Waals surface area (Å²) in [4.78, 5) is 29.7. The first kappa shape index (κ1) is 27.2. The van der Waals surface area contributed by atoms with Crippen molar-refractivity contribution in [2.24, 2.45) is 0 Å². The Morgan fingerprint density at radius 2 is 1.51 bits per heavy atom. The van der Waals surface area contributed by atoms with Gasteiger partial charge in [-0.2, -0.15) is 5.26 Å². The van der Waals surface area contributed by atoms with E-state index in [0.29, 0.717) is 42.1 Å². The van der Waals surface area contributed by atoms with Crippen LogP contribution in [0.3, 0.4) is 0 Å². The number of rotatable bonds is 11. The van der Waals surface area contributed by atoms with Crippen molar-refractivity contribution in [1.82, 2.24) is 9.80 Å². The van der Waals surface area contributed by atoms with Gasteiger partial charge in [0.05, 0.1) is 23.9 Å². The second-order valence-electron chi connectivity index (χ2n) is 9.13. The highest BCUT2D eigenvalue weighted by Gasteiger charge is 2.15. The van der Waals surface area contributed by atoms with E-state index >= 15 is 0 Å². The van der Waals surface area contributed by atoms with E-state index in [4.69, 9.17) is 11.0 Å². The Bertz CT molecular complexity index is 1220. The minimum atomic E-state index is -0.248. The zero-order chi connectivity index (χ0) is 26.6. The summed E-state index contributed by atoms with van der Waals surface area (Å²) in [6, 6.07) is 23.6. The smallest absolute Gasteiger partial charge is 0.322 e. The van der Waals surface area contributed by atoms with Gasteiger partial charge in [-0.15, -0.1) is 0 Å². The highest BCUT2D eigenvalue weighted by molar-refractivity contribution is 6.05. The van der Waals surface area contributed by atoms with Gasteiger partial charge in [0.15, 0.2) is 0 Å². The number of benzene rings is 3. The standard InChI is InChI=1S/C29H34N6O2/c1-34(2)19-5-6-20-35(29(37)32-25-15-11-22(12-16-25)17-18-30)21-23-9-13-24(14-10-23)28(36)33-27-8-4-3-7-26(27)31/h3-4,7-16H,5-6,17,19-21,31H2,1-2H3,(H,32,37)(H,33,36). The second kappa shape index (κ2) is 13.7. The lowest BCUT2D eigenvalue weighted by Gasteiger charge is -2.24. The lowest BCUT2D eigenvalue weighted by Crippen LogP contribution is -2.35. The summed E-state index contributed by atoms with van der Waals surface area (Å²) in [5.74, 6) is -0.248. The Hall–Kier alpha value is -4.35. The predicted octanol–water partition coefficient (Wildman–Crippen LogP) is 4.96. The van der Waals surface area contributed by atoms with E-state index in [0.717, 1.165) is 30.5 Å². The molecule has 0 aliphatic heterocycles. The maximum absolute atomic E-state index is 13.1. The number of hydrogen-bond acceptors (Lipinski definition) is 5. The van der Waals surface area contributed by atoms with Crippen molar-refractivity contribution in [3.8, 4) is 6.07 Å². The van der Waals surface area contributed by atoms with E-state index in [2.05, 4.69) is 21.6 Å². The summed E-state index contributed by atoms with van der Waals surface area (Å²) in [5.41, 5.74) is 10.00. The number of nitrogens with one attached hydrogen (secondary N) is 2. The predicted molar refractivity (Wildman–Crippen MR) is 148 cm³/mol. The molecule has 3 aromatic carbocycles. The number of unbranched alkanes of at least 4 members (excludes halogenated alkanes) is 1. The third-order valence-electron chi connectivity index (χ3n) is 5.86. The molecule has 3 amide bonds. The van der Waals surface area contributed by atoms with E-state index in [1.807, 2.05) is 62.6 Å². The number of nitriles is 1. The van der Waals surface area contributed by atoms with Crippen LogP contribution in [0.2, 0.25) is 0 Å². The van der Waals surface area contributed by atoms with Crippen LogP contribution in [0, 0.1) is 11.3 Å². The zero-order valence-electron chi connectivity index (χ0n) is 21.4. The number of nitrogens with two attached hydrogens (primary N) is 1. The van der Waals surface area contributed by atoms with Crippen LogP contribution < -0.4 is 16.4 Å². The van der Waals surface area contributed by atoms with Gasteiger partial charge in [-0.3, -0.25) is 4.79 Å². The molecule has 4 N–H and O–H groups in total. The van der Waals surface area contributed by atoms with Crippen molar-refractivity contribution >= 4 is 29.0 Å². The van der Waals surface area contributed by atoms with Crippen molar-refractivity contribution in [2.45, 2.75) is 25.8 Å². The fourth-order valence-corrected chi connectivity index (χ4v) is 3.77. The second-order valence-corrected chi connectivity index (χ2v) is 9.13. The molecule has 0 spiro atoms. The molecular formula is C29H34N6O2. The summed E-state index contributed by atoms with van der Waals surface area (Å²) in [6.45, 7) is 1.96. The SMILES string of the molecule is CN(C)CCCCN(Cc1ccc(C(=O)Nc2ccccc2N)cc1)C(=O)Nc1ccc(CC#N)cc1. The Labute approximate surface area is 218 Å². The van der Waals surface area contributed by atoms with E-state index in [1.165, 1.54) is 0 Å². The molecule has 0 unspecified atom stereocenters. The fraction of sp³-hybridized carbons (Fsp3) is 0.276. The Morgan fingerprint density at radius 3 is 2.16 bits per heavy atom. The monoisotopic (exact) mass is 498 g/mol. The summed E-state index contributed by atoms with van der Waals surface area (Å²) >= 11 is 0. The highest BCUT2D eigenvalue weighted by Crippen LogP contribution is 2.19. The van der Waals surface area contributed by atoms with Gasteiger partial charge in [-0.1, -0.05) is 36.4 Å². The fourth-order valence-electron chi connectivity index (χ4n) is 3.77. The van der Waals surface area contributed by atoms with E-state index < -0.39 is 0 Å². The molecule has 0 saturated heterocycles. The van der Waals surface area contributed by atoms with Crippen LogP contribution in [0.5, 0.6) is 0 Å². The largest absolute Gasteiger partial charge is 0.397 e. The molecule has 3 aromatic rings. The maximum Gasteiger partial charge on any atom is 0.322 e. The normalized spacial score (nSPS) is 10.5. The summed E-state index contributed by atoms with van der Waals surface area (Å²) in [7, 11) is 4.06. The Balaban J connectivity index is 1.66. The number of hydrogen-bond donors (Lipinski definition) is 3. The molecule has 0 atom stereocenters. The molecule has 192 valence electrons. The van der Waals surface area contributed by atoms with Crippen molar-refractivity contribution in [1.29, 1.82) is 5.26 Å². The molecular weight excluding hydrogens is 464 g/mol. The maximum atomic E-state index is 13.1. The van der Waals surface area contributed by atoms with Gasteiger partial charge in [-0.25, -0.2) is 4.79 Å². The molecule has 0 aliphatic carbocycles. The Kier molecular flexibility index (Phi) is 10.1. The number of anilines is 3. The number of nitrogens with zero attached hydrogens (tertiary/aromatic N) is 3. The summed E-state index contributed by atoms with van der Waals surface area (Å²) in [6.07, 6.45) is 2.17. The van der Waals surface area contributed by atoms with Gasteiger partial charge in [0.1, 0.15) is 0 Å². The minimum Gasteiger partial charge on any atom is -0.397 e. The lowest BCUT2D eigenvalue weighted by atomic mass is 10.1. The first-order chi connectivity index (χ1) is 17.9. The highest BCUT2D eigenvalue weighted by atomic mass is 16.2. The van der Waals surface area contributed by atoms with Crippen LogP contribution in [0.1, 0.15) is 34.3 Å².